The fourth-order valence-electron chi connectivity index (χ4n) is 3.92. The van der Waals surface area contributed by atoms with Gasteiger partial charge in [0.15, 0.2) is 0 Å². The van der Waals surface area contributed by atoms with E-state index in [4.69, 9.17) is 4.74 Å². The van der Waals surface area contributed by atoms with E-state index < -0.39 is 40.2 Å². The highest BCUT2D eigenvalue weighted by molar-refractivity contribution is 7.92. The molecule has 3 aromatic rings. The average molecular weight is 570 g/mol. The van der Waals surface area contributed by atoms with Crippen molar-refractivity contribution in [3.05, 3.63) is 95.8 Å². The number of hydrogen-bond acceptors (Lipinski definition) is 5. The molecule has 0 fully saturated rings. The third-order valence-electron chi connectivity index (χ3n) is 6.52. The number of nitrogens with one attached hydrogen (secondary N) is 1. The Morgan fingerprint density at radius 3 is 2.17 bits per heavy atom. The van der Waals surface area contributed by atoms with Crippen LogP contribution in [0, 0.1) is 5.82 Å². The standard InChI is InChI=1S/C30H36FN3O5S/c1-5-22(2)32-30(36)23(3)33(19-25-13-9-10-14-28(25)31)29(35)20-34(40(4,37)38)26-15-17-27(18-16-26)39-21-24-11-7-6-8-12-24/h6-18,22-23H,5,19-21H2,1-4H3,(H,32,36)/t22-,23+/m1/s1. The lowest BCUT2D eigenvalue weighted by Crippen LogP contribution is -2.52. The maximum Gasteiger partial charge on any atom is 0.244 e. The number of carbonyl (C=O) groups excluding carboxylic acids is 2. The van der Waals surface area contributed by atoms with Crippen molar-refractivity contribution in [3.8, 4) is 5.75 Å². The minimum absolute atomic E-state index is 0.129. The van der Waals surface area contributed by atoms with E-state index in [2.05, 4.69) is 5.32 Å². The van der Waals surface area contributed by atoms with Gasteiger partial charge in [-0.15, -0.1) is 0 Å². The smallest absolute Gasteiger partial charge is 0.244 e. The first-order chi connectivity index (χ1) is 19.0. The zero-order valence-corrected chi connectivity index (χ0v) is 24.0. The number of nitrogens with zero attached hydrogens (tertiary/aromatic N) is 2. The number of sulfonamides is 1. The van der Waals surface area contributed by atoms with Crippen molar-refractivity contribution >= 4 is 27.5 Å². The summed E-state index contributed by atoms with van der Waals surface area (Å²) < 4.78 is 46.8. The highest BCUT2D eigenvalue weighted by Gasteiger charge is 2.31. The van der Waals surface area contributed by atoms with E-state index >= 15 is 0 Å². The minimum atomic E-state index is -3.89. The number of carbonyl (C=O) groups is 2. The Morgan fingerprint density at radius 1 is 0.950 bits per heavy atom. The van der Waals surface area contributed by atoms with Crippen molar-refractivity contribution in [2.24, 2.45) is 0 Å². The first-order valence-electron chi connectivity index (χ1n) is 13.1. The molecule has 8 nitrogen and oxygen atoms in total. The van der Waals surface area contributed by atoms with E-state index in [-0.39, 0.29) is 23.8 Å². The Balaban J connectivity index is 1.83. The number of amides is 2. The molecule has 0 saturated heterocycles. The molecule has 0 aliphatic heterocycles. The molecule has 214 valence electrons. The molecule has 0 aromatic heterocycles. The quantitative estimate of drug-likeness (QED) is 0.327. The summed E-state index contributed by atoms with van der Waals surface area (Å²) in [6.45, 7) is 4.87. The lowest BCUT2D eigenvalue weighted by molar-refractivity contribution is -0.139. The van der Waals surface area contributed by atoms with E-state index in [1.54, 1.807) is 37.3 Å². The van der Waals surface area contributed by atoms with Crippen LogP contribution in [0.1, 0.15) is 38.3 Å². The van der Waals surface area contributed by atoms with Crippen LogP contribution in [0.25, 0.3) is 0 Å². The van der Waals surface area contributed by atoms with Gasteiger partial charge in [0, 0.05) is 18.2 Å². The minimum Gasteiger partial charge on any atom is -0.489 e. The van der Waals surface area contributed by atoms with Gasteiger partial charge < -0.3 is 15.0 Å². The van der Waals surface area contributed by atoms with Crippen molar-refractivity contribution in [1.29, 1.82) is 0 Å². The maximum atomic E-state index is 14.5. The molecular weight excluding hydrogens is 533 g/mol. The fraction of sp³-hybridized carbons (Fsp3) is 0.333. The summed E-state index contributed by atoms with van der Waals surface area (Å²) in [6, 6.07) is 20.8. The molecular formula is C30H36FN3O5S. The van der Waals surface area contributed by atoms with Crippen LogP contribution in [0.2, 0.25) is 0 Å². The van der Waals surface area contributed by atoms with Crippen LogP contribution in [-0.2, 0) is 32.8 Å². The molecule has 0 heterocycles. The number of hydrogen-bond donors (Lipinski definition) is 1. The predicted molar refractivity (Wildman–Crippen MR) is 154 cm³/mol. The predicted octanol–water partition coefficient (Wildman–Crippen LogP) is 4.50. The molecule has 3 rings (SSSR count). The highest BCUT2D eigenvalue weighted by atomic mass is 32.2. The van der Waals surface area contributed by atoms with E-state index in [0.29, 0.717) is 18.8 Å². The molecule has 2 atom stereocenters. The fourth-order valence-corrected chi connectivity index (χ4v) is 4.77. The molecule has 3 aromatic carbocycles. The van der Waals surface area contributed by atoms with Crippen LogP contribution in [0.3, 0.4) is 0 Å². The van der Waals surface area contributed by atoms with Gasteiger partial charge >= 0.3 is 0 Å². The summed E-state index contributed by atoms with van der Waals surface area (Å²) in [5.41, 5.74) is 1.45. The van der Waals surface area contributed by atoms with Gasteiger partial charge in [0.1, 0.15) is 30.8 Å². The zero-order valence-electron chi connectivity index (χ0n) is 23.2. The lowest BCUT2D eigenvalue weighted by atomic mass is 10.1. The summed E-state index contributed by atoms with van der Waals surface area (Å²) in [5.74, 6) is -1.06. The maximum absolute atomic E-state index is 14.5. The van der Waals surface area contributed by atoms with Crippen LogP contribution in [0.4, 0.5) is 10.1 Å². The van der Waals surface area contributed by atoms with Gasteiger partial charge in [0.05, 0.1) is 11.9 Å². The highest BCUT2D eigenvalue weighted by Crippen LogP contribution is 2.23. The summed E-state index contributed by atoms with van der Waals surface area (Å²) in [6.07, 6.45) is 1.69. The van der Waals surface area contributed by atoms with Crippen LogP contribution < -0.4 is 14.4 Å². The molecule has 0 aliphatic carbocycles. The Morgan fingerprint density at radius 2 is 1.57 bits per heavy atom. The van der Waals surface area contributed by atoms with Gasteiger partial charge in [0.2, 0.25) is 21.8 Å². The van der Waals surface area contributed by atoms with Crippen LogP contribution in [-0.4, -0.2) is 50.0 Å². The van der Waals surface area contributed by atoms with E-state index in [1.807, 2.05) is 44.2 Å². The van der Waals surface area contributed by atoms with Crippen molar-refractivity contribution in [3.63, 3.8) is 0 Å². The van der Waals surface area contributed by atoms with Gasteiger partial charge in [0.25, 0.3) is 0 Å². The van der Waals surface area contributed by atoms with Gasteiger partial charge in [-0.25, -0.2) is 12.8 Å². The normalized spacial score (nSPS) is 12.7. The molecule has 0 spiro atoms. The van der Waals surface area contributed by atoms with E-state index in [9.17, 15) is 22.4 Å². The molecule has 1 N–H and O–H groups in total. The largest absolute Gasteiger partial charge is 0.489 e. The average Bonchev–Trinajstić information content (AvgIpc) is 2.94. The third kappa shape index (κ3) is 8.54. The van der Waals surface area contributed by atoms with Crippen molar-refractivity contribution in [2.45, 2.75) is 52.4 Å². The number of anilines is 1. The van der Waals surface area contributed by atoms with Crippen LogP contribution in [0.15, 0.2) is 78.9 Å². The van der Waals surface area contributed by atoms with E-state index in [0.717, 1.165) is 16.1 Å². The number of rotatable bonds is 13. The number of halogens is 1. The first-order valence-corrected chi connectivity index (χ1v) is 14.9. The molecule has 2 amide bonds. The van der Waals surface area contributed by atoms with Crippen molar-refractivity contribution < 1.29 is 27.1 Å². The molecule has 10 heteroatoms. The second kappa shape index (κ2) is 13.9. The van der Waals surface area contributed by atoms with Gasteiger partial charge in [-0.1, -0.05) is 55.5 Å². The summed E-state index contributed by atoms with van der Waals surface area (Å²) in [5, 5.41) is 2.84. The molecule has 0 radical (unpaired) electrons. The summed E-state index contributed by atoms with van der Waals surface area (Å²) in [7, 11) is -3.89. The van der Waals surface area contributed by atoms with Crippen molar-refractivity contribution in [1.82, 2.24) is 10.2 Å². The van der Waals surface area contributed by atoms with Gasteiger partial charge in [-0.05, 0) is 56.2 Å². The SMILES string of the molecule is CC[C@@H](C)NC(=O)[C@H](C)N(Cc1ccccc1F)C(=O)CN(c1ccc(OCc2ccccc2)cc1)S(C)(=O)=O. The summed E-state index contributed by atoms with van der Waals surface area (Å²) >= 11 is 0. The Bertz CT molecular complexity index is 1380. The molecule has 0 aliphatic rings. The first kappa shape index (κ1) is 30.6. The van der Waals surface area contributed by atoms with Gasteiger partial charge in [-0.2, -0.15) is 0 Å². The van der Waals surface area contributed by atoms with Crippen molar-refractivity contribution in [2.75, 3.05) is 17.1 Å². The Labute approximate surface area is 235 Å². The molecule has 0 saturated carbocycles. The molecule has 40 heavy (non-hydrogen) atoms. The lowest BCUT2D eigenvalue weighted by Gasteiger charge is -2.32. The second-order valence-electron chi connectivity index (χ2n) is 9.64. The van der Waals surface area contributed by atoms with Gasteiger partial charge in [-0.3, -0.25) is 13.9 Å². The monoisotopic (exact) mass is 569 g/mol. The molecule has 0 unspecified atom stereocenters. The third-order valence-corrected chi connectivity index (χ3v) is 7.66. The number of ether oxygens (including phenoxy) is 1. The zero-order chi connectivity index (χ0) is 29.3. The second-order valence-corrected chi connectivity index (χ2v) is 11.6. The summed E-state index contributed by atoms with van der Waals surface area (Å²) in [4.78, 5) is 27.8. The number of benzene rings is 3. The Kier molecular flexibility index (Phi) is 10.7. The van der Waals surface area contributed by atoms with Crippen LogP contribution >= 0.6 is 0 Å². The Hall–Kier alpha value is -3.92. The van der Waals surface area contributed by atoms with Crippen LogP contribution in [0.5, 0.6) is 5.75 Å². The topological polar surface area (TPSA) is 96.0 Å². The molecule has 0 bridgehead atoms. The van der Waals surface area contributed by atoms with E-state index in [1.165, 1.54) is 23.1 Å².